The number of hydrogen-bond donors (Lipinski definition) is 1. The van der Waals surface area contributed by atoms with Crippen LogP contribution in [0, 0.1) is 0 Å². The van der Waals surface area contributed by atoms with Crippen LogP contribution in [0.15, 0.2) is 30.9 Å². The summed E-state index contributed by atoms with van der Waals surface area (Å²) < 4.78 is 0. The molecular weight excluding hydrogens is 205 g/mol. The minimum atomic E-state index is 0.148. The highest BCUT2D eigenvalue weighted by Crippen LogP contribution is 2.26. The molecule has 0 spiro atoms. The summed E-state index contributed by atoms with van der Waals surface area (Å²) in [6.07, 6.45) is 1.81. The van der Waals surface area contributed by atoms with Crippen molar-refractivity contribution in [2.45, 2.75) is 5.92 Å². The van der Waals surface area contributed by atoms with E-state index < -0.39 is 0 Å². The van der Waals surface area contributed by atoms with Gasteiger partial charge in [-0.05, 0) is 17.7 Å². The largest absolute Gasteiger partial charge is 0.330 e. The monoisotopic (exact) mass is 215 g/mol. The van der Waals surface area contributed by atoms with Crippen LogP contribution in [0.2, 0.25) is 10.0 Å². The van der Waals surface area contributed by atoms with Gasteiger partial charge in [0.05, 0.1) is 10.0 Å². The molecule has 3 heteroatoms. The molecule has 70 valence electrons. The van der Waals surface area contributed by atoms with E-state index >= 15 is 0 Å². The first kappa shape index (κ1) is 10.6. The van der Waals surface area contributed by atoms with Crippen LogP contribution < -0.4 is 5.73 Å². The molecule has 1 aromatic carbocycles. The number of halogens is 2. The van der Waals surface area contributed by atoms with Gasteiger partial charge in [0.2, 0.25) is 0 Å². The van der Waals surface area contributed by atoms with Crippen LogP contribution in [-0.2, 0) is 0 Å². The molecular formula is C10H11Cl2N. The summed E-state index contributed by atoms with van der Waals surface area (Å²) in [5.74, 6) is 0.148. The standard InChI is InChI=1S/C10H11Cl2N/c1-2-7(6-13)8-3-4-9(11)10(12)5-8/h2-5,7H,1,6,13H2. The van der Waals surface area contributed by atoms with Crippen molar-refractivity contribution in [2.24, 2.45) is 5.73 Å². The molecule has 0 saturated carbocycles. The zero-order valence-electron chi connectivity index (χ0n) is 7.13. The van der Waals surface area contributed by atoms with Crippen LogP contribution in [0.1, 0.15) is 11.5 Å². The van der Waals surface area contributed by atoms with E-state index in [-0.39, 0.29) is 5.92 Å². The smallest absolute Gasteiger partial charge is 0.0595 e. The minimum absolute atomic E-state index is 0.148. The average Bonchev–Trinajstić information content (AvgIpc) is 2.13. The molecule has 0 heterocycles. The molecule has 0 aliphatic carbocycles. The Morgan fingerprint density at radius 1 is 1.38 bits per heavy atom. The SMILES string of the molecule is C=CC(CN)c1ccc(Cl)c(Cl)c1. The zero-order chi connectivity index (χ0) is 9.84. The molecule has 1 unspecified atom stereocenters. The van der Waals surface area contributed by atoms with Crippen LogP contribution >= 0.6 is 23.2 Å². The van der Waals surface area contributed by atoms with E-state index in [1.54, 1.807) is 12.1 Å². The first-order chi connectivity index (χ1) is 6.19. The Kier molecular flexibility index (Phi) is 3.79. The molecule has 0 aromatic heterocycles. The molecule has 1 nitrogen and oxygen atoms in total. The summed E-state index contributed by atoms with van der Waals surface area (Å²) >= 11 is 11.6. The normalized spacial score (nSPS) is 12.5. The number of nitrogens with two attached hydrogens (primary N) is 1. The quantitative estimate of drug-likeness (QED) is 0.771. The molecule has 1 aromatic rings. The predicted molar refractivity (Wildman–Crippen MR) is 58.5 cm³/mol. The van der Waals surface area contributed by atoms with E-state index in [9.17, 15) is 0 Å². The van der Waals surface area contributed by atoms with Crippen molar-refractivity contribution in [3.05, 3.63) is 46.5 Å². The number of rotatable bonds is 3. The van der Waals surface area contributed by atoms with Crippen LogP contribution in [-0.4, -0.2) is 6.54 Å². The van der Waals surface area contributed by atoms with E-state index in [1.807, 2.05) is 12.1 Å². The molecule has 1 rings (SSSR count). The maximum absolute atomic E-state index is 5.86. The van der Waals surface area contributed by atoms with E-state index in [0.717, 1.165) is 5.56 Å². The Hall–Kier alpha value is -0.500. The van der Waals surface area contributed by atoms with E-state index in [0.29, 0.717) is 16.6 Å². The minimum Gasteiger partial charge on any atom is -0.330 e. The van der Waals surface area contributed by atoms with Gasteiger partial charge in [-0.15, -0.1) is 6.58 Å². The fourth-order valence-corrected chi connectivity index (χ4v) is 1.42. The lowest BCUT2D eigenvalue weighted by Crippen LogP contribution is -2.09. The summed E-state index contributed by atoms with van der Waals surface area (Å²) in [5, 5.41) is 1.12. The Morgan fingerprint density at radius 2 is 2.08 bits per heavy atom. The highest BCUT2D eigenvalue weighted by atomic mass is 35.5. The Labute approximate surface area is 88.1 Å². The molecule has 0 bridgehead atoms. The van der Waals surface area contributed by atoms with Crippen molar-refractivity contribution in [1.29, 1.82) is 0 Å². The molecule has 13 heavy (non-hydrogen) atoms. The van der Waals surface area contributed by atoms with Gasteiger partial charge in [0.25, 0.3) is 0 Å². The summed E-state index contributed by atoms with van der Waals surface area (Å²) in [7, 11) is 0. The summed E-state index contributed by atoms with van der Waals surface area (Å²) in [6, 6.07) is 5.50. The third kappa shape index (κ3) is 2.47. The molecule has 0 aliphatic heterocycles. The topological polar surface area (TPSA) is 26.0 Å². The van der Waals surface area contributed by atoms with Crippen LogP contribution in [0.3, 0.4) is 0 Å². The van der Waals surface area contributed by atoms with E-state index in [4.69, 9.17) is 28.9 Å². The lowest BCUT2D eigenvalue weighted by molar-refractivity contribution is 0.852. The predicted octanol–water partition coefficient (Wildman–Crippen LogP) is 3.22. The third-order valence-electron chi connectivity index (χ3n) is 1.91. The Balaban J connectivity index is 3.01. The van der Waals surface area contributed by atoms with Gasteiger partial charge in [-0.3, -0.25) is 0 Å². The van der Waals surface area contributed by atoms with Gasteiger partial charge in [0.1, 0.15) is 0 Å². The second kappa shape index (κ2) is 4.66. The second-order valence-corrected chi connectivity index (χ2v) is 3.57. The number of hydrogen-bond acceptors (Lipinski definition) is 1. The third-order valence-corrected chi connectivity index (χ3v) is 2.65. The van der Waals surface area contributed by atoms with E-state index in [1.165, 1.54) is 0 Å². The van der Waals surface area contributed by atoms with Gasteiger partial charge in [0, 0.05) is 12.5 Å². The van der Waals surface area contributed by atoms with Crippen LogP contribution in [0.5, 0.6) is 0 Å². The van der Waals surface area contributed by atoms with Crippen molar-refractivity contribution in [3.63, 3.8) is 0 Å². The molecule has 0 saturated heterocycles. The molecule has 0 amide bonds. The molecule has 0 aliphatic rings. The second-order valence-electron chi connectivity index (χ2n) is 2.75. The zero-order valence-corrected chi connectivity index (χ0v) is 8.65. The molecule has 0 fully saturated rings. The summed E-state index contributed by atoms with van der Waals surface area (Å²) in [5.41, 5.74) is 6.60. The fraction of sp³-hybridized carbons (Fsp3) is 0.200. The van der Waals surface area contributed by atoms with Crippen molar-refractivity contribution < 1.29 is 0 Å². The van der Waals surface area contributed by atoms with Gasteiger partial charge >= 0.3 is 0 Å². The van der Waals surface area contributed by atoms with Gasteiger partial charge in [-0.2, -0.15) is 0 Å². The maximum atomic E-state index is 5.86. The van der Waals surface area contributed by atoms with Crippen LogP contribution in [0.4, 0.5) is 0 Å². The van der Waals surface area contributed by atoms with Gasteiger partial charge in [-0.1, -0.05) is 35.3 Å². The van der Waals surface area contributed by atoms with Crippen molar-refractivity contribution >= 4 is 23.2 Å². The van der Waals surface area contributed by atoms with Gasteiger partial charge < -0.3 is 5.73 Å². The summed E-state index contributed by atoms with van der Waals surface area (Å²) in [4.78, 5) is 0. The highest BCUT2D eigenvalue weighted by Gasteiger charge is 2.06. The first-order valence-corrected chi connectivity index (χ1v) is 4.72. The van der Waals surface area contributed by atoms with Gasteiger partial charge in [0.15, 0.2) is 0 Å². The van der Waals surface area contributed by atoms with Crippen LogP contribution in [0.25, 0.3) is 0 Å². The van der Waals surface area contributed by atoms with Crippen molar-refractivity contribution in [1.82, 2.24) is 0 Å². The van der Waals surface area contributed by atoms with Crippen molar-refractivity contribution in [3.8, 4) is 0 Å². The Bertz CT molecular complexity index is 310. The molecule has 2 N–H and O–H groups in total. The molecule has 1 atom stereocenters. The average molecular weight is 216 g/mol. The number of benzene rings is 1. The van der Waals surface area contributed by atoms with E-state index in [2.05, 4.69) is 6.58 Å². The van der Waals surface area contributed by atoms with Gasteiger partial charge in [-0.25, -0.2) is 0 Å². The van der Waals surface area contributed by atoms with Crippen molar-refractivity contribution in [2.75, 3.05) is 6.54 Å². The maximum Gasteiger partial charge on any atom is 0.0595 e. The lowest BCUT2D eigenvalue weighted by atomic mass is 10.00. The Morgan fingerprint density at radius 3 is 2.54 bits per heavy atom. The summed E-state index contributed by atoms with van der Waals surface area (Å²) in [6.45, 7) is 4.23. The fourth-order valence-electron chi connectivity index (χ4n) is 1.11. The first-order valence-electron chi connectivity index (χ1n) is 3.96. The lowest BCUT2D eigenvalue weighted by Gasteiger charge is -2.10. The molecule has 0 radical (unpaired) electrons. The highest BCUT2D eigenvalue weighted by molar-refractivity contribution is 6.42.